The summed E-state index contributed by atoms with van der Waals surface area (Å²) < 4.78 is 0. The molecule has 0 atom stereocenters. The number of nitrogens with one attached hydrogen (secondary N) is 2. The van der Waals surface area contributed by atoms with Crippen molar-refractivity contribution in [2.24, 2.45) is 0 Å². The summed E-state index contributed by atoms with van der Waals surface area (Å²) in [7, 11) is 0. The maximum atomic E-state index is 6.19. The monoisotopic (exact) mass is 359 g/mol. The average Bonchev–Trinajstić information content (AvgIpc) is 2.55. The summed E-state index contributed by atoms with van der Waals surface area (Å²) in [6.07, 6.45) is 1.43. The average molecular weight is 360 g/mol. The van der Waals surface area contributed by atoms with Crippen molar-refractivity contribution in [3.63, 3.8) is 0 Å². The van der Waals surface area contributed by atoms with Gasteiger partial charge in [0.1, 0.15) is 12.0 Å². The highest BCUT2D eigenvalue weighted by Crippen LogP contribution is 2.34. The normalized spacial score (nSPS) is 10.5. The highest BCUT2D eigenvalue weighted by atomic mass is 35.5. The molecule has 0 saturated heterocycles. The number of nitrogens with two attached hydrogens (primary N) is 1. The molecule has 1 aromatic heterocycles. The van der Waals surface area contributed by atoms with Crippen LogP contribution in [0.4, 0.5) is 28.7 Å². The van der Waals surface area contributed by atoms with Gasteiger partial charge in [-0.15, -0.1) is 0 Å². The minimum absolute atomic E-state index is 0.384. The van der Waals surface area contributed by atoms with E-state index in [4.69, 9.17) is 28.9 Å². The molecule has 0 amide bonds. The topological polar surface area (TPSA) is 75.9 Å². The van der Waals surface area contributed by atoms with E-state index in [2.05, 4.69) is 20.6 Å². The molecule has 3 aromatic rings. The minimum atomic E-state index is 0.384. The van der Waals surface area contributed by atoms with E-state index in [1.54, 1.807) is 18.2 Å². The number of halogens is 2. The molecule has 5 nitrogen and oxygen atoms in total. The summed E-state index contributed by atoms with van der Waals surface area (Å²) in [5, 5.41) is 7.14. The second-order valence-electron chi connectivity index (χ2n) is 5.21. The summed E-state index contributed by atoms with van der Waals surface area (Å²) in [4.78, 5) is 8.37. The third-order valence-electron chi connectivity index (χ3n) is 3.37. The van der Waals surface area contributed by atoms with E-state index in [0.29, 0.717) is 33.1 Å². The molecule has 4 N–H and O–H groups in total. The van der Waals surface area contributed by atoms with Gasteiger partial charge in [-0.2, -0.15) is 0 Å². The Morgan fingerprint density at radius 3 is 2.42 bits per heavy atom. The van der Waals surface area contributed by atoms with E-state index in [1.165, 1.54) is 6.33 Å². The first-order valence-corrected chi connectivity index (χ1v) is 7.95. The lowest BCUT2D eigenvalue weighted by atomic mass is 10.2. The molecule has 0 radical (unpaired) electrons. The number of nitrogen functional groups attached to an aromatic ring is 1. The maximum Gasteiger partial charge on any atom is 0.159 e. The minimum Gasteiger partial charge on any atom is -0.393 e. The largest absolute Gasteiger partial charge is 0.393 e. The standard InChI is InChI=1S/C17H15Cl2N5/c1-10-4-2-5-11(8-10)23-16-15(20)17(22-9-21-16)24-13-7-3-6-12(18)14(13)19/h2-9H,20H2,1H3,(H2,21,22,23,24). The van der Waals surface area contributed by atoms with Crippen molar-refractivity contribution in [2.45, 2.75) is 6.92 Å². The fourth-order valence-corrected chi connectivity index (χ4v) is 2.53. The van der Waals surface area contributed by atoms with Crippen LogP contribution in [0, 0.1) is 6.92 Å². The third-order valence-corrected chi connectivity index (χ3v) is 4.19. The van der Waals surface area contributed by atoms with Gasteiger partial charge in [0.25, 0.3) is 0 Å². The summed E-state index contributed by atoms with van der Waals surface area (Å²) in [6.45, 7) is 2.02. The zero-order valence-electron chi connectivity index (χ0n) is 12.8. The molecule has 7 heteroatoms. The Kier molecular flexibility index (Phi) is 4.74. The van der Waals surface area contributed by atoms with Crippen molar-refractivity contribution < 1.29 is 0 Å². The molecule has 1 heterocycles. The summed E-state index contributed by atoms with van der Waals surface area (Å²) in [5.41, 5.74) is 9.22. The van der Waals surface area contributed by atoms with Crippen LogP contribution in [0.25, 0.3) is 0 Å². The van der Waals surface area contributed by atoms with Crippen LogP contribution in [-0.2, 0) is 0 Å². The van der Waals surface area contributed by atoms with E-state index in [-0.39, 0.29) is 0 Å². The molecule has 122 valence electrons. The van der Waals surface area contributed by atoms with Crippen molar-refractivity contribution in [3.05, 3.63) is 64.4 Å². The lowest BCUT2D eigenvalue weighted by Gasteiger charge is -2.14. The Morgan fingerprint density at radius 1 is 0.958 bits per heavy atom. The molecular weight excluding hydrogens is 345 g/mol. The highest BCUT2D eigenvalue weighted by Gasteiger charge is 2.11. The van der Waals surface area contributed by atoms with Gasteiger partial charge in [-0.1, -0.05) is 41.4 Å². The van der Waals surface area contributed by atoms with Crippen LogP contribution in [0.3, 0.4) is 0 Å². The van der Waals surface area contributed by atoms with E-state index >= 15 is 0 Å². The quantitative estimate of drug-likeness (QED) is 0.599. The number of hydrogen-bond acceptors (Lipinski definition) is 5. The van der Waals surface area contributed by atoms with Crippen molar-refractivity contribution in [1.82, 2.24) is 9.97 Å². The van der Waals surface area contributed by atoms with Gasteiger partial charge in [-0.3, -0.25) is 0 Å². The number of anilines is 5. The number of nitrogens with zero attached hydrogens (tertiary/aromatic N) is 2. The van der Waals surface area contributed by atoms with Crippen LogP contribution in [-0.4, -0.2) is 9.97 Å². The summed E-state index contributed by atoms with van der Waals surface area (Å²) in [6, 6.07) is 13.2. The van der Waals surface area contributed by atoms with Gasteiger partial charge in [-0.25, -0.2) is 9.97 Å². The fourth-order valence-electron chi connectivity index (χ4n) is 2.18. The Labute approximate surface area is 149 Å². The van der Waals surface area contributed by atoms with Gasteiger partial charge in [0.05, 0.1) is 15.7 Å². The van der Waals surface area contributed by atoms with Gasteiger partial charge < -0.3 is 16.4 Å². The Morgan fingerprint density at radius 2 is 1.67 bits per heavy atom. The van der Waals surface area contributed by atoms with E-state index in [0.717, 1.165) is 11.3 Å². The molecule has 2 aromatic carbocycles. The van der Waals surface area contributed by atoms with Crippen molar-refractivity contribution in [1.29, 1.82) is 0 Å². The fraction of sp³-hybridized carbons (Fsp3) is 0.0588. The number of aryl methyl sites for hydroxylation is 1. The summed E-state index contributed by atoms with van der Waals surface area (Å²) >= 11 is 12.2. The zero-order chi connectivity index (χ0) is 17.1. The predicted molar refractivity (Wildman–Crippen MR) is 101 cm³/mol. The van der Waals surface area contributed by atoms with Gasteiger partial charge in [-0.05, 0) is 36.8 Å². The molecule has 0 aliphatic rings. The second kappa shape index (κ2) is 6.95. The lowest BCUT2D eigenvalue weighted by Crippen LogP contribution is -2.05. The lowest BCUT2D eigenvalue weighted by molar-refractivity contribution is 1.17. The molecule has 0 spiro atoms. The molecule has 0 bridgehead atoms. The molecule has 0 aliphatic heterocycles. The Bertz CT molecular complexity index is 883. The molecular formula is C17H15Cl2N5. The van der Waals surface area contributed by atoms with Crippen molar-refractivity contribution >= 4 is 51.9 Å². The summed E-state index contributed by atoms with van der Waals surface area (Å²) in [5.74, 6) is 0.959. The highest BCUT2D eigenvalue weighted by molar-refractivity contribution is 6.43. The second-order valence-corrected chi connectivity index (χ2v) is 5.99. The molecule has 0 unspecified atom stereocenters. The number of rotatable bonds is 4. The third kappa shape index (κ3) is 3.53. The number of benzene rings is 2. The Balaban J connectivity index is 1.89. The van der Waals surface area contributed by atoms with Crippen LogP contribution >= 0.6 is 23.2 Å². The van der Waals surface area contributed by atoms with E-state index < -0.39 is 0 Å². The smallest absolute Gasteiger partial charge is 0.159 e. The van der Waals surface area contributed by atoms with Crippen molar-refractivity contribution in [3.8, 4) is 0 Å². The van der Waals surface area contributed by atoms with Gasteiger partial charge >= 0.3 is 0 Å². The first kappa shape index (κ1) is 16.4. The number of aromatic nitrogens is 2. The van der Waals surface area contributed by atoms with E-state index in [9.17, 15) is 0 Å². The predicted octanol–water partition coefficient (Wildman–Crippen LogP) is 5.16. The molecule has 0 fully saturated rings. The van der Waals surface area contributed by atoms with Crippen LogP contribution in [0.2, 0.25) is 10.0 Å². The number of hydrogen-bond donors (Lipinski definition) is 3. The van der Waals surface area contributed by atoms with Crippen LogP contribution in [0.15, 0.2) is 48.8 Å². The van der Waals surface area contributed by atoms with Gasteiger partial charge in [0.15, 0.2) is 11.6 Å². The van der Waals surface area contributed by atoms with Crippen LogP contribution in [0.1, 0.15) is 5.56 Å². The van der Waals surface area contributed by atoms with Crippen molar-refractivity contribution in [2.75, 3.05) is 16.4 Å². The SMILES string of the molecule is Cc1cccc(Nc2ncnc(Nc3cccc(Cl)c3Cl)c2N)c1. The maximum absolute atomic E-state index is 6.19. The first-order valence-electron chi connectivity index (χ1n) is 7.20. The molecule has 0 saturated carbocycles. The van der Waals surface area contributed by atoms with E-state index in [1.807, 2.05) is 31.2 Å². The molecule has 24 heavy (non-hydrogen) atoms. The van der Waals surface area contributed by atoms with Gasteiger partial charge in [0, 0.05) is 5.69 Å². The Hall–Kier alpha value is -2.50. The first-order chi connectivity index (χ1) is 11.5. The molecule has 3 rings (SSSR count). The van der Waals surface area contributed by atoms with Gasteiger partial charge in [0.2, 0.25) is 0 Å². The van der Waals surface area contributed by atoms with Crippen LogP contribution < -0.4 is 16.4 Å². The molecule has 0 aliphatic carbocycles. The zero-order valence-corrected chi connectivity index (χ0v) is 14.4. The van der Waals surface area contributed by atoms with Crippen LogP contribution in [0.5, 0.6) is 0 Å².